The number of hydrogen-bond acceptors (Lipinski definition) is 4. The van der Waals surface area contributed by atoms with E-state index >= 15 is 0 Å². The molecule has 45 heavy (non-hydrogen) atoms. The monoisotopic (exact) mass is 667 g/mol. The van der Waals surface area contributed by atoms with Crippen molar-refractivity contribution in [3.63, 3.8) is 0 Å². The molecule has 2 aromatic carbocycles. The van der Waals surface area contributed by atoms with Crippen LogP contribution in [-0.2, 0) is 29.8 Å². The molecule has 1 heterocycles. The van der Waals surface area contributed by atoms with Gasteiger partial charge in [0.25, 0.3) is 0 Å². The van der Waals surface area contributed by atoms with Crippen molar-refractivity contribution in [3.8, 4) is 0 Å². The van der Waals surface area contributed by atoms with Gasteiger partial charge in [-0.25, -0.2) is 17.2 Å². The average molecular weight is 668 g/mol. The fourth-order valence-electron chi connectivity index (χ4n) is 6.43. The molecule has 15 heteroatoms. The average Bonchev–Trinajstić information content (AvgIpc) is 3.43. The van der Waals surface area contributed by atoms with Crippen molar-refractivity contribution >= 4 is 21.7 Å². The number of allylic oxidation sites excluding steroid dienone is 1. The van der Waals surface area contributed by atoms with E-state index in [0.717, 1.165) is 24.3 Å². The Hall–Kier alpha value is -3.49. The Labute approximate surface area is 253 Å². The van der Waals surface area contributed by atoms with Gasteiger partial charge in [0, 0.05) is 18.7 Å². The lowest BCUT2D eigenvalue weighted by atomic mass is 9.67. The first-order chi connectivity index (χ1) is 20.8. The highest BCUT2D eigenvalue weighted by Gasteiger charge is 2.73. The van der Waals surface area contributed by atoms with Crippen LogP contribution in [0, 0.1) is 17.2 Å². The van der Waals surface area contributed by atoms with Crippen molar-refractivity contribution in [1.29, 1.82) is 0 Å². The molecule has 0 aromatic heterocycles. The predicted molar refractivity (Wildman–Crippen MR) is 145 cm³/mol. The molecule has 1 N–H and O–H groups in total. The van der Waals surface area contributed by atoms with Gasteiger partial charge in [0.2, 0.25) is 5.91 Å². The van der Waals surface area contributed by atoms with Crippen molar-refractivity contribution in [1.82, 2.24) is 4.90 Å². The maximum atomic E-state index is 14.7. The number of alkyl halides is 7. The second-order valence-electron chi connectivity index (χ2n) is 11.5. The van der Waals surface area contributed by atoms with Crippen molar-refractivity contribution in [3.05, 3.63) is 78.1 Å². The minimum absolute atomic E-state index is 0.147. The lowest BCUT2D eigenvalue weighted by molar-refractivity contribution is -0.348. The highest BCUT2D eigenvalue weighted by Crippen LogP contribution is 2.54. The summed E-state index contributed by atoms with van der Waals surface area (Å²) in [6.45, 7) is 2.91. The smallest absolute Gasteiger partial charge is 0.435 e. The van der Waals surface area contributed by atoms with Gasteiger partial charge in [-0.05, 0) is 68.4 Å². The molecule has 0 unspecified atom stereocenters. The number of sulfone groups is 1. The quantitative estimate of drug-likeness (QED) is 0.189. The molecule has 1 saturated heterocycles. The van der Waals surface area contributed by atoms with Crippen LogP contribution in [0.2, 0.25) is 0 Å². The number of hydrogen-bond donors (Lipinski definition) is 1. The van der Waals surface area contributed by atoms with Gasteiger partial charge in [-0.3, -0.25) is 9.59 Å². The standard InChI is InChI=1S/C30H29F8NO5S/c1-2-13-26(14-11-19(12-15-26)24(40)41)25(42)39-17-16-27(18-39,45(43,44)23-9-7-22(31)8-10-23)20-3-5-21(6-4-20)28(32,29(33,34)35)30(36,37)38/h2-10,19H,1,11-18H2,(H,40,41)/t19-,26-,27-/m0/s1. The van der Waals surface area contributed by atoms with E-state index in [-0.39, 0.29) is 62.8 Å². The summed E-state index contributed by atoms with van der Waals surface area (Å²) in [7, 11) is -4.62. The minimum atomic E-state index is -6.39. The van der Waals surface area contributed by atoms with Crippen LogP contribution >= 0.6 is 0 Å². The van der Waals surface area contributed by atoms with Crippen LogP contribution in [0.15, 0.2) is 66.1 Å². The van der Waals surface area contributed by atoms with Gasteiger partial charge < -0.3 is 10.0 Å². The number of halogens is 8. The number of carbonyl (C=O) groups excluding carboxylic acids is 1. The van der Waals surface area contributed by atoms with Gasteiger partial charge in [-0.2, -0.15) is 26.3 Å². The first-order valence-corrected chi connectivity index (χ1v) is 15.3. The van der Waals surface area contributed by atoms with Crippen LogP contribution in [0.1, 0.15) is 49.7 Å². The Balaban J connectivity index is 1.80. The third-order valence-electron chi connectivity index (χ3n) is 9.03. The number of aliphatic carboxylic acids is 1. The molecule has 1 amide bonds. The molecule has 2 aliphatic rings. The van der Waals surface area contributed by atoms with Gasteiger partial charge in [0.15, 0.2) is 9.84 Å². The van der Waals surface area contributed by atoms with Crippen LogP contribution < -0.4 is 0 Å². The lowest BCUT2D eigenvalue weighted by Gasteiger charge is -2.40. The van der Waals surface area contributed by atoms with Crippen molar-refractivity contribution < 1.29 is 58.2 Å². The van der Waals surface area contributed by atoms with Crippen LogP contribution in [0.3, 0.4) is 0 Å². The summed E-state index contributed by atoms with van der Waals surface area (Å²) >= 11 is 0. The van der Waals surface area contributed by atoms with Gasteiger partial charge in [0.1, 0.15) is 10.6 Å². The highest BCUT2D eigenvalue weighted by atomic mass is 32.2. The first kappa shape index (κ1) is 34.4. The Morgan fingerprint density at radius 3 is 1.91 bits per heavy atom. The van der Waals surface area contributed by atoms with E-state index in [2.05, 4.69) is 6.58 Å². The van der Waals surface area contributed by atoms with Gasteiger partial charge in [-0.1, -0.05) is 30.3 Å². The van der Waals surface area contributed by atoms with Gasteiger partial charge >= 0.3 is 24.0 Å². The van der Waals surface area contributed by atoms with Crippen molar-refractivity contribution in [2.45, 2.75) is 66.2 Å². The molecule has 0 radical (unpaired) electrons. The van der Waals surface area contributed by atoms with Crippen LogP contribution in [0.25, 0.3) is 0 Å². The molecule has 0 bridgehead atoms. The van der Waals surface area contributed by atoms with Crippen molar-refractivity contribution in [2.75, 3.05) is 13.1 Å². The van der Waals surface area contributed by atoms with Gasteiger partial charge in [-0.15, -0.1) is 6.58 Å². The number of amides is 1. The normalized spacial score (nSPS) is 24.8. The summed E-state index contributed by atoms with van der Waals surface area (Å²) in [5.74, 6) is -2.98. The van der Waals surface area contributed by atoms with E-state index in [1.165, 1.54) is 11.0 Å². The number of carboxylic acids is 1. The van der Waals surface area contributed by atoms with Crippen LogP contribution in [0.4, 0.5) is 35.1 Å². The molecular formula is C30H29F8NO5S. The van der Waals surface area contributed by atoms with E-state index in [0.29, 0.717) is 12.1 Å². The molecule has 0 spiro atoms. The number of nitrogens with zero attached hydrogens (tertiary/aromatic N) is 1. The topological polar surface area (TPSA) is 91.8 Å². The molecular weight excluding hydrogens is 638 g/mol. The lowest BCUT2D eigenvalue weighted by Crippen LogP contribution is -2.50. The van der Waals surface area contributed by atoms with E-state index in [1.807, 2.05) is 0 Å². The number of likely N-dealkylation sites (tertiary alicyclic amines) is 1. The summed E-state index contributed by atoms with van der Waals surface area (Å²) in [6.07, 6.45) is -10.8. The third kappa shape index (κ3) is 5.72. The Bertz CT molecular complexity index is 1530. The third-order valence-corrected chi connectivity index (χ3v) is 11.5. The summed E-state index contributed by atoms with van der Waals surface area (Å²) in [5.41, 5.74) is -8.97. The predicted octanol–water partition coefficient (Wildman–Crippen LogP) is 6.85. The molecule has 4 rings (SSSR count). The first-order valence-electron chi connectivity index (χ1n) is 13.8. The van der Waals surface area contributed by atoms with Crippen molar-refractivity contribution in [2.24, 2.45) is 11.3 Å². The summed E-state index contributed by atoms with van der Waals surface area (Å²) in [6, 6.07) is 5.35. The van der Waals surface area contributed by atoms with Crippen LogP contribution in [0.5, 0.6) is 0 Å². The zero-order valence-electron chi connectivity index (χ0n) is 23.6. The maximum absolute atomic E-state index is 14.7. The largest absolute Gasteiger partial charge is 0.481 e. The molecule has 6 nitrogen and oxygen atoms in total. The maximum Gasteiger partial charge on any atom is 0.435 e. The minimum Gasteiger partial charge on any atom is -0.481 e. The summed E-state index contributed by atoms with van der Waals surface area (Å²) in [5, 5.41) is 9.40. The SMILES string of the molecule is C=CC[C@]1(C(=O)N2CC[C@](c3ccc(C(F)(C(F)(F)F)C(F)(F)F)cc3)(S(=O)(=O)c3ccc(F)cc3)C2)CC[C@H](C(=O)O)CC1. The van der Waals surface area contributed by atoms with E-state index in [9.17, 15) is 58.2 Å². The van der Waals surface area contributed by atoms with E-state index in [1.54, 1.807) is 0 Å². The van der Waals surface area contributed by atoms with Gasteiger partial charge in [0.05, 0.1) is 16.2 Å². The molecule has 2 fully saturated rings. The van der Waals surface area contributed by atoms with Crippen LogP contribution in [-0.4, -0.2) is 55.7 Å². The number of carbonyl (C=O) groups is 2. The molecule has 1 aliphatic carbocycles. The zero-order chi connectivity index (χ0) is 33.6. The molecule has 1 atom stereocenters. The fourth-order valence-corrected chi connectivity index (χ4v) is 8.51. The van der Waals surface area contributed by atoms with E-state index < -0.39 is 78.6 Å². The number of carboxylic acid groups (broad SMARTS) is 1. The second kappa shape index (κ2) is 11.7. The Morgan fingerprint density at radius 1 is 0.911 bits per heavy atom. The zero-order valence-corrected chi connectivity index (χ0v) is 24.4. The fraction of sp³-hybridized carbons (Fsp3) is 0.467. The summed E-state index contributed by atoms with van der Waals surface area (Å²) in [4.78, 5) is 26.3. The highest BCUT2D eigenvalue weighted by molar-refractivity contribution is 7.92. The van der Waals surface area contributed by atoms with E-state index in [4.69, 9.17) is 0 Å². The number of rotatable bonds is 8. The molecule has 246 valence electrons. The Kier molecular flexibility index (Phi) is 8.94. The molecule has 2 aromatic rings. The second-order valence-corrected chi connectivity index (χ2v) is 13.8. The Morgan fingerprint density at radius 2 is 1.44 bits per heavy atom. The summed E-state index contributed by atoms with van der Waals surface area (Å²) < 4.78 is 135. The molecule has 1 saturated carbocycles. The number of benzene rings is 2. The molecule has 1 aliphatic heterocycles.